The Morgan fingerprint density at radius 1 is 1.30 bits per heavy atom. The normalized spacial score (nSPS) is 10.4. The van der Waals surface area contributed by atoms with E-state index in [2.05, 4.69) is 16.7 Å². The summed E-state index contributed by atoms with van der Waals surface area (Å²) in [6, 6.07) is 12.0. The molecule has 0 radical (unpaired) electrons. The van der Waals surface area contributed by atoms with Crippen LogP contribution in [0.1, 0.15) is 0 Å². The molecule has 0 bridgehead atoms. The summed E-state index contributed by atoms with van der Waals surface area (Å²) < 4.78 is 4.91. The second kappa shape index (κ2) is 7.79. The van der Waals surface area contributed by atoms with Gasteiger partial charge in [-0.1, -0.05) is 18.2 Å². The Morgan fingerprint density at radius 2 is 2.20 bits per heavy atom. The molecular weight excluding hydrogens is 272 g/mol. The van der Waals surface area contributed by atoms with Crippen LogP contribution in [0.2, 0.25) is 0 Å². The summed E-state index contributed by atoms with van der Waals surface area (Å²) in [4.78, 5) is 13.0. The molecular formula is C15H18N2O2S. The number of hydrogen-bond acceptors (Lipinski definition) is 4. The first-order chi connectivity index (χ1) is 9.79. The predicted molar refractivity (Wildman–Crippen MR) is 83.1 cm³/mol. The highest BCUT2D eigenvalue weighted by Crippen LogP contribution is 2.26. The lowest BCUT2D eigenvalue weighted by atomic mass is 10.1. The van der Waals surface area contributed by atoms with Gasteiger partial charge in [-0.15, -0.1) is 11.3 Å². The van der Waals surface area contributed by atoms with Gasteiger partial charge >= 0.3 is 0 Å². The van der Waals surface area contributed by atoms with Gasteiger partial charge in [0.15, 0.2) is 0 Å². The second-order valence-corrected chi connectivity index (χ2v) is 5.22. The number of nitrogens with one attached hydrogen (secondary N) is 2. The van der Waals surface area contributed by atoms with Gasteiger partial charge in [-0.05, 0) is 29.1 Å². The number of hydrogen-bond donors (Lipinski definition) is 2. The monoisotopic (exact) mass is 290 g/mol. The molecule has 0 atom stereocenters. The summed E-state index contributed by atoms with van der Waals surface area (Å²) in [6.45, 7) is 1.55. The Morgan fingerprint density at radius 3 is 2.95 bits per heavy atom. The van der Waals surface area contributed by atoms with E-state index in [9.17, 15) is 4.79 Å². The molecule has 2 rings (SSSR count). The molecule has 4 nitrogen and oxygen atoms in total. The maximum Gasteiger partial charge on any atom is 0.238 e. The van der Waals surface area contributed by atoms with Crippen molar-refractivity contribution in [1.82, 2.24) is 5.32 Å². The summed E-state index contributed by atoms with van der Waals surface area (Å²) in [5.41, 5.74) is 1.93. The van der Waals surface area contributed by atoms with E-state index in [1.807, 2.05) is 35.7 Å². The Balaban J connectivity index is 1.90. The maximum absolute atomic E-state index is 11.8. The van der Waals surface area contributed by atoms with Crippen molar-refractivity contribution in [3.8, 4) is 10.4 Å². The van der Waals surface area contributed by atoms with Crippen molar-refractivity contribution in [1.29, 1.82) is 0 Å². The van der Waals surface area contributed by atoms with Crippen molar-refractivity contribution in [3.63, 3.8) is 0 Å². The van der Waals surface area contributed by atoms with Crippen LogP contribution in [0.25, 0.3) is 10.4 Å². The standard InChI is InChI=1S/C15H18N2O2S/c1-19-8-7-16-11-15(18)17-13-5-2-4-12(10-13)14-6-3-9-20-14/h2-6,9-10,16H,7-8,11H2,1H3,(H,17,18). The SMILES string of the molecule is COCCNCC(=O)Nc1cccc(-c2cccs2)c1. The van der Waals surface area contributed by atoms with Gasteiger partial charge in [0.25, 0.3) is 0 Å². The average Bonchev–Trinajstić information content (AvgIpc) is 2.98. The van der Waals surface area contributed by atoms with Gasteiger partial charge in [0.1, 0.15) is 0 Å². The number of methoxy groups -OCH3 is 1. The molecule has 1 heterocycles. The minimum atomic E-state index is -0.0515. The molecule has 0 saturated heterocycles. The fraction of sp³-hybridized carbons (Fsp3) is 0.267. The van der Waals surface area contributed by atoms with Crippen molar-refractivity contribution < 1.29 is 9.53 Å². The van der Waals surface area contributed by atoms with Crippen LogP contribution in [0.3, 0.4) is 0 Å². The molecule has 1 amide bonds. The van der Waals surface area contributed by atoms with E-state index in [4.69, 9.17) is 4.74 Å². The third-order valence-corrected chi connectivity index (χ3v) is 3.64. The van der Waals surface area contributed by atoms with Gasteiger partial charge in [0.2, 0.25) is 5.91 Å². The Bertz CT molecular complexity index is 541. The molecule has 5 heteroatoms. The number of benzene rings is 1. The first kappa shape index (κ1) is 14.7. The summed E-state index contributed by atoms with van der Waals surface area (Å²) in [7, 11) is 1.64. The minimum absolute atomic E-state index is 0.0515. The van der Waals surface area contributed by atoms with Crippen LogP contribution in [0.5, 0.6) is 0 Å². The first-order valence-corrected chi connectivity index (χ1v) is 7.31. The molecule has 1 aromatic carbocycles. The molecule has 106 valence electrons. The molecule has 1 aromatic heterocycles. The first-order valence-electron chi connectivity index (χ1n) is 6.43. The lowest BCUT2D eigenvalue weighted by Crippen LogP contribution is -2.30. The van der Waals surface area contributed by atoms with Gasteiger partial charge < -0.3 is 15.4 Å². The van der Waals surface area contributed by atoms with E-state index in [-0.39, 0.29) is 12.5 Å². The molecule has 0 saturated carbocycles. The minimum Gasteiger partial charge on any atom is -0.383 e. The van der Waals surface area contributed by atoms with E-state index in [1.54, 1.807) is 18.4 Å². The summed E-state index contributed by atoms with van der Waals surface area (Å²) >= 11 is 1.68. The number of carbonyl (C=O) groups excluding carboxylic acids is 1. The number of rotatable bonds is 7. The van der Waals surface area contributed by atoms with Crippen LogP contribution in [0, 0.1) is 0 Å². The van der Waals surface area contributed by atoms with Gasteiger partial charge in [-0.3, -0.25) is 4.79 Å². The molecule has 0 aliphatic rings. The fourth-order valence-electron chi connectivity index (χ4n) is 1.77. The molecule has 0 unspecified atom stereocenters. The maximum atomic E-state index is 11.8. The van der Waals surface area contributed by atoms with E-state index in [0.29, 0.717) is 13.2 Å². The Hall–Kier alpha value is -1.69. The van der Waals surface area contributed by atoms with Crippen molar-refractivity contribution in [2.45, 2.75) is 0 Å². The summed E-state index contributed by atoms with van der Waals surface area (Å²) in [5.74, 6) is -0.0515. The summed E-state index contributed by atoms with van der Waals surface area (Å²) in [6.07, 6.45) is 0. The molecule has 0 spiro atoms. The zero-order valence-electron chi connectivity index (χ0n) is 11.4. The van der Waals surface area contributed by atoms with Crippen LogP contribution in [0.15, 0.2) is 41.8 Å². The highest BCUT2D eigenvalue weighted by Gasteiger charge is 2.04. The van der Waals surface area contributed by atoms with Crippen molar-refractivity contribution in [3.05, 3.63) is 41.8 Å². The third-order valence-electron chi connectivity index (χ3n) is 2.72. The van der Waals surface area contributed by atoms with Gasteiger partial charge in [-0.25, -0.2) is 0 Å². The lowest BCUT2D eigenvalue weighted by Gasteiger charge is -2.07. The van der Waals surface area contributed by atoms with Crippen LogP contribution in [0.4, 0.5) is 5.69 Å². The van der Waals surface area contributed by atoms with Crippen LogP contribution >= 0.6 is 11.3 Å². The van der Waals surface area contributed by atoms with E-state index < -0.39 is 0 Å². The van der Waals surface area contributed by atoms with Gasteiger partial charge in [0, 0.05) is 24.2 Å². The summed E-state index contributed by atoms with van der Waals surface area (Å²) in [5, 5.41) is 7.94. The largest absolute Gasteiger partial charge is 0.383 e. The highest BCUT2D eigenvalue weighted by molar-refractivity contribution is 7.13. The van der Waals surface area contributed by atoms with Gasteiger partial charge in [-0.2, -0.15) is 0 Å². The van der Waals surface area contributed by atoms with Gasteiger partial charge in [0.05, 0.1) is 13.2 Å². The number of thiophene rings is 1. The number of carbonyl (C=O) groups is 1. The van der Waals surface area contributed by atoms with Crippen molar-refractivity contribution in [2.75, 3.05) is 32.1 Å². The fourth-order valence-corrected chi connectivity index (χ4v) is 2.50. The zero-order valence-corrected chi connectivity index (χ0v) is 12.2. The topological polar surface area (TPSA) is 50.4 Å². The number of ether oxygens (including phenoxy) is 1. The molecule has 2 N–H and O–H groups in total. The van der Waals surface area contributed by atoms with E-state index in [1.165, 1.54) is 4.88 Å². The molecule has 20 heavy (non-hydrogen) atoms. The van der Waals surface area contributed by atoms with Crippen LogP contribution < -0.4 is 10.6 Å². The van der Waals surface area contributed by atoms with E-state index >= 15 is 0 Å². The molecule has 0 fully saturated rings. The van der Waals surface area contributed by atoms with E-state index in [0.717, 1.165) is 11.3 Å². The van der Waals surface area contributed by atoms with Crippen molar-refractivity contribution in [2.24, 2.45) is 0 Å². The third kappa shape index (κ3) is 4.45. The van der Waals surface area contributed by atoms with Crippen LogP contribution in [-0.2, 0) is 9.53 Å². The lowest BCUT2D eigenvalue weighted by molar-refractivity contribution is -0.115. The molecule has 2 aromatic rings. The average molecular weight is 290 g/mol. The molecule has 0 aliphatic heterocycles. The smallest absolute Gasteiger partial charge is 0.238 e. The quantitative estimate of drug-likeness (QED) is 0.771. The number of anilines is 1. The van der Waals surface area contributed by atoms with Crippen LogP contribution in [-0.4, -0.2) is 32.7 Å². The highest BCUT2D eigenvalue weighted by atomic mass is 32.1. The second-order valence-electron chi connectivity index (χ2n) is 4.28. The van der Waals surface area contributed by atoms with Crippen molar-refractivity contribution >= 4 is 22.9 Å². The molecule has 0 aliphatic carbocycles. The predicted octanol–water partition coefficient (Wildman–Crippen LogP) is 2.59. The number of amides is 1. The Labute approximate surface area is 122 Å². The Kier molecular flexibility index (Phi) is 5.73. The zero-order chi connectivity index (χ0) is 14.2.